The molecule has 0 saturated carbocycles. The molecule has 16 heavy (non-hydrogen) atoms. The van der Waals surface area contributed by atoms with Crippen LogP contribution in [0, 0.1) is 0 Å². The van der Waals surface area contributed by atoms with Crippen molar-refractivity contribution >= 4 is 23.7 Å². The minimum Gasteiger partial charge on any atom is -0.389 e. The number of aromatic nitrogens is 2. The molecule has 2 aromatic rings. The second kappa shape index (κ2) is 4.78. The van der Waals surface area contributed by atoms with Gasteiger partial charge in [0, 0.05) is 5.75 Å². The highest BCUT2D eigenvalue weighted by Crippen LogP contribution is 2.17. The average Bonchev–Trinajstić information content (AvgIpc) is 2.36. The van der Waals surface area contributed by atoms with Gasteiger partial charge in [0.25, 0.3) is 0 Å². The van der Waals surface area contributed by atoms with Crippen molar-refractivity contribution in [3.05, 3.63) is 36.2 Å². The monoisotopic (exact) mass is 236 g/mol. The van der Waals surface area contributed by atoms with Gasteiger partial charge in [0.1, 0.15) is 6.10 Å². The molecule has 84 valence electrons. The second-order valence-electron chi connectivity index (χ2n) is 3.48. The van der Waals surface area contributed by atoms with Crippen molar-refractivity contribution in [2.75, 3.05) is 5.75 Å². The van der Waals surface area contributed by atoms with Crippen LogP contribution in [0.4, 0.5) is 0 Å². The summed E-state index contributed by atoms with van der Waals surface area (Å²) in [6, 6.07) is 7.37. The van der Waals surface area contributed by atoms with Crippen LogP contribution in [-0.2, 0) is 0 Å². The summed E-state index contributed by atoms with van der Waals surface area (Å²) < 4.78 is 0. The minimum absolute atomic E-state index is 0.176. The van der Waals surface area contributed by atoms with Gasteiger partial charge in [0.15, 0.2) is 0 Å². The van der Waals surface area contributed by atoms with Crippen molar-refractivity contribution in [3.63, 3.8) is 0 Å². The summed E-state index contributed by atoms with van der Waals surface area (Å²) in [6.07, 6.45) is -0.506. The van der Waals surface area contributed by atoms with Crippen LogP contribution in [0.15, 0.2) is 30.5 Å². The highest BCUT2D eigenvalue weighted by atomic mass is 32.1. The molecule has 2 rings (SSSR count). The number of para-hydroxylation sites is 2. The first kappa shape index (κ1) is 11.3. The van der Waals surface area contributed by atoms with Gasteiger partial charge in [-0.2, -0.15) is 12.6 Å². The third kappa shape index (κ3) is 2.16. The molecular formula is C11H12N2O2S. The summed E-state index contributed by atoms with van der Waals surface area (Å²) in [4.78, 5) is 8.40. The predicted octanol–water partition coefficient (Wildman–Crippen LogP) is 0.954. The molecule has 2 unspecified atom stereocenters. The molecule has 1 heterocycles. The van der Waals surface area contributed by atoms with Crippen molar-refractivity contribution in [3.8, 4) is 0 Å². The smallest absolute Gasteiger partial charge is 0.124 e. The molecule has 0 fully saturated rings. The van der Waals surface area contributed by atoms with E-state index >= 15 is 0 Å². The molecule has 2 N–H and O–H groups in total. The minimum atomic E-state index is -1.05. The maximum absolute atomic E-state index is 9.75. The van der Waals surface area contributed by atoms with E-state index < -0.39 is 12.2 Å². The number of hydrogen-bond acceptors (Lipinski definition) is 5. The molecule has 5 heteroatoms. The Balaban J connectivity index is 2.39. The van der Waals surface area contributed by atoms with Crippen LogP contribution >= 0.6 is 12.6 Å². The third-order valence-corrected chi connectivity index (χ3v) is 2.70. The lowest BCUT2D eigenvalue weighted by atomic mass is 10.1. The van der Waals surface area contributed by atoms with E-state index in [0.717, 1.165) is 5.52 Å². The molecule has 2 atom stereocenters. The number of benzene rings is 1. The van der Waals surface area contributed by atoms with Gasteiger partial charge in [-0.05, 0) is 12.1 Å². The average molecular weight is 236 g/mol. The van der Waals surface area contributed by atoms with E-state index in [9.17, 15) is 10.2 Å². The highest BCUT2D eigenvalue weighted by molar-refractivity contribution is 7.80. The number of thiol groups is 1. The van der Waals surface area contributed by atoms with E-state index in [0.29, 0.717) is 11.2 Å². The van der Waals surface area contributed by atoms with Gasteiger partial charge in [-0.3, -0.25) is 4.98 Å². The first-order valence-electron chi connectivity index (χ1n) is 4.91. The molecular weight excluding hydrogens is 224 g/mol. The number of fused-ring (bicyclic) bond motifs is 1. The number of aliphatic hydroxyl groups is 2. The third-order valence-electron chi connectivity index (χ3n) is 2.32. The Morgan fingerprint density at radius 1 is 1.19 bits per heavy atom. The Kier molecular flexibility index (Phi) is 3.38. The molecule has 1 aromatic heterocycles. The standard InChI is InChI=1S/C11H12N2O2S/c14-10(6-16)11(15)9-5-12-7-3-1-2-4-8(7)13-9/h1-5,10-11,14-16H,6H2. The molecule has 1 aromatic carbocycles. The van der Waals surface area contributed by atoms with Crippen LogP contribution in [0.5, 0.6) is 0 Å². The zero-order chi connectivity index (χ0) is 11.5. The van der Waals surface area contributed by atoms with Gasteiger partial charge in [-0.15, -0.1) is 0 Å². The molecule has 0 aliphatic rings. The Morgan fingerprint density at radius 2 is 1.88 bits per heavy atom. The van der Waals surface area contributed by atoms with E-state index in [1.54, 1.807) is 0 Å². The fourth-order valence-corrected chi connectivity index (χ4v) is 1.61. The molecule has 0 saturated heterocycles. The van der Waals surface area contributed by atoms with E-state index in [1.165, 1.54) is 6.20 Å². The van der Waals surface area contributed by atoms with Crippen LogP contribution < -0.4 is 0 Å². The fourth-order valence-electron chi connectivity index (χ4n) is 1.41. The maximum atomic E-state index is 9.75. The zero-order valence-corrected chi connectivity index (χ0v) is 9.38. The van der Waals surface area contributed by atoms with Crippen LogP contribution in [0.1, 0.15) is 11.8 Å². The van der Waals surface area contributed by atoms with Crippen molar-refractivity contribution in [2.24, 2.45) is 0 Å². The van der Waals surface area contributed by atoms with Gasteiger partial charge in [-0.1, -0.05) is 12.1 Å². The van der Waals surface area contributed by atoms with E-state index in [1.807, 2.05) is 24.3 Å². The summed E-state index contributed by atoms with van der Waals surface area (Å²) in [5, 5.41) is 19.2. The fraction of sp³-hybridized carbons (Fsp3) is 0.273. The Labute approximate surface area is 98.4 Å². The highest BCUT2D eigenvalue weighted by Gasteiger charge is 2.18. The van der Waals surface area contributed by atoms with Crippen LogP contribution in [-0.4, -0.2) is 32.0 Å². The van der Waals surface area contributed by atoms with Gasteiger partial charge in [0.05, 0.1) is 29.0 Å². The van der Waals surface area contributed by atoms with Crippen LogP contribution in [0.2, 0.25) is 0 Å². The van der Waals surface area contributed by atoms with E-state index in [-0.39, 0.29) is 5.75 Å². The lowest BCUT2D eigenvalue weighted by molar-refractivity contribution is 0.0310. The largest absolute Gasteiger partial charge is 0.389 e. The number of rotatable bonds is 3. The molecule has 4 nitrogen and oxygen atoms in total. The Bertz CT molecular complexity index is 492. The molecule has 0 spiro atoms. The molecule has 0 aliphatic heterocycles. The predicted molar refractivity (Wildman–Crippen MR) is 64.4 cm³/mol. The number of hydrogen-bond donors (Lipinski definition) is 3. The lowest BCUT2D eigenvalue weighted by Gasteiger charge is -2.14. The second-order valence-corrected chi connectivity index (χ2v) is 3.84. The summed E-state index contributed by atoms with van der Waals surface area (Å²) in [5.74, 6) is 0.176. The first-order chi connectivity index (χ1) is 7.72. The Morgan fingerprint density at radius 3 is 2.56 bits per heavy atom. The van der Waals surface area contributed by atoms with Crippen molar-refractivity contribution < 1.29 is 10.2 Å². The molecule has 0 radical (unpaired) electrons. The SMILES string of the molecule is OC(CS)C(O)c1cnc2ccccc2n1. The Hall–Kier alpha value is -1.17. The quantitative estimate of drug-likeness (QED) is 0.694. The normalized spacial score (nSPS) is 14.9. The van der Waals surface area contributed by atoms with Gasteiger partial charge >= 0.3 is 0 Å². The number of nitrogens with zero attached hydrogens (tertiary/aromatic N) is 2. The molecule has 0 bridgehead atoms. The zero-order valence-electron chi connectivity index (χ0n) is 8.48. The summed E-state index contributed by atoms with van der Waals surface area (Å²) in [5.41, 5.74) is 1.82. The van der Waals surface area contributed by atoms with Crippen molar-refractivity contribution in [1.82, 2.24) is 9.97 Å². The van der Waals surface area contributed by atoms with Crippen LogP contribution in [0.3, 0.4) is 0 Å². The first-order valence-corrected chi connectivity index (χ1v) is 5.54. The van der Waals surface area contributed by atoms with E-state index in [4.69, 9.17) is 0 Å². The number of aliphatic hydroxyl groups excluding tert-OH is 2. The summed E-state index contributed by atoms with van der Waals surface area (Å²) >= 11 is 3.92. The summed E-state index contributed by atoms with van der Waals surface area (Å²) in [6.45, 7) is 0. The van der Waals surface area contributed by atoms with E-state index in [2.05, 4.69) is 22.6 Å². The van der Waals surface area contributed by atoms with Crippen molar-refractivity contribution in [1.29, 1.82) is 0 Å². The van der Waals surface area contributed by atoms with Gasteiger partial charge in [0.2, 0.25) is 0 Å². The van der Waals surface area contributed by atoms with Gasteiger partial charge < -0.3 is 10.2 Å². The van der Waals surface area contributed by atoms with Crippen LogP contribution in [0.25, 0.3) is 11.0 Å². The topological polar surface area (TPSA) is 66.2 Å². The molecule has 0 aliphatic carbocycles. The van der Waals surface area contributed by atoms with Crippen molar-refractivity contribution in [2.45, 2.75) is 12.2 Å². The maximum Gasteiger partial charge on any atom is 0.124 e. The molecule has 0 amide bonds. The lowest BCUT2D eigenvalue weighted by Crippen LogP contribution is -2.20. The summed E-state index contributed by atoms with van der Waals surface area (Å²) in [7, 11) is 0. The van der Waals surface area contributed by atoms with Gasteiger partial charge in [-0.25, -0.2) is 4.98 Å².